The lowest BCUT2D eigenvalue weighted by Gasteiger charge is -2.35. The Kier molecular flexibility index (Phi) is 4.87. The Labute approximate surface area is 198 Å². The van der Waals surface area contributed by atoms with Gasteiger partial charge in [-0.1, -0.05) is 81.4 Å². The fraction of sp³-hybridized carbons (Fsp3) is 0.467. The first-order valence-electron chi connectivity index (χ1n) is 12.7. The second-order valence-corrected chi connectivity index (χ2v) is 11.3. The molecule has 1 aromatic heterocycles. The highest BCUT2D eigenvalue weighted by atomic mass is 15.3. The van der Waals surface area contributed by atoms with Crippen LogP contribution in [0.1, 0.15) is 69.2 Å². The lowest BCUT2D eigenvalue weighted by molar-refractivity contribution is 0.227. The van der Waals surface area contributed by atoms with Crippen LogP contribution in [-0.2, 0) is 11.8 Å². The van der Waals surface area contributed by atoms with Crippen molar-refractivity contribution in [1.29, 1.82) is 0 Å². The summed E-state index contributed by atoms with van der Waals surface area (Å²) in [4.78, 5) is 13.1. The molecule has 2 fully saturated rings. The molecular formula is C30H35N3. The van der Waals surface area contributed by atoms with Crippen molar-refractivity contribution in [2.45, 2.75) is 64.2 Å². The highest BCUT2D eigenvalue weighted by Gasteiger charge is 2.61. The third-order valence-corrected chi connectivity index (χ3v) is 9.34. The first-order valence-corrected chi connectivity index (χ1v) is 12.7. The van der Waals surface area contributed by atoms with Gasteiger partial charge in [-0.15, -0.1) is 0 Å². The Balaban J connectivity index is 1.33. The van der Waals surface area contributed by atoms with Gasteiger partial charge >= 0.3 is 0 Å². The van der Waals surface area contributed by atoms with Crippen LogP contribution in [0.25, 0.3) is 11.3 Å². The standard InChI is InChI=1S/C30H35N3/c1-29(2)24-14-17-30(29,3)27-25(24)26(23-12-8-5-9-13-23)31-28(32-27)33-18-15-22(16-19-33)20-21-10-6-4-7-11-21/h4-13,22,24H,14-20H2,1-3H3. The van der Waals surface area contributed by atoms with E-state index in [1.807, 2.05) is 0 Å². The van der Waals surface area contributed by atoms with Crippen LogP contribution >= 0.6 is 0 Å². The number of anilines is 1. The molecule has 2 heterocycles. The first kappa shape index (κ1) is 20.9. The molecule has 6 rings (SSSR count). The number of nitrogens with zero attached hydrogens (tertiary/aromatic N) is 3. The van der Waals surface area contributed by atoms with Crippen LogP contribution < -0.4 is 4.90 Å². The summed E-state index contributed by atoms with van der Waals surface area (Å²) in [5, 5.41) is 0. The number of piperidine rings is 1. The van der Waals surface area contributed by atoms with Crippen LogP contribution in [-0.4, -0.2) is 23.1 Å². The molecule has 2 unspecified atom stereocenters. The Hall–Kier alpha value is -2.68. The monoisotopic (exact) mass is 437 g/mol. The normalized spacial score (nSPS) is 25.9. The van der Waals surface area contributed by atoms with Gasteiger partial charge in [-0.3, -0.25) is 0 Å². The Morgan fingerprint density at radius 3 is 2.21 bits per heavy atom. The van der Waals surface area contributed by atoms with Crippen molar-refractivity contribution in [2.75, 3.05) is 18.0 Å². The maximum absolute atomic E-state index is 5.34. The van der Waals surface area contributed by atoms with Gasteiger partial charge in [0.1, 0.15) is 0 Å². The average molecular weight is 438 g/mol. The Morgan fingerprint density at radius 1 is 0.848 bits per heavy atom. The summed E-state index contributed by atoms with van der Waals surface area (Å²) in [5.41, 5.74) is 7.02. The molecule has 2 bridgehead atoms. The average Bonchev–Trinajstić information content (AvgIpc) is 3.18. The van der Waals surface area contributed by atoms with Crippen molar-refractivity contribution in [3.63, 3.8) is 0 Å². The zero-order valence-electron chi connectivity index (χ0n) is 20.2. The second kappa shape index (κ2) is 7.68. The number of fused-ring (bicyclic) bond motifs is 5. The summed E-state index contributed by atoms with van der Waals surface area (Å²) in [6, 6.07) is 21.8. The van der Waals surface area contributed by atoms with Gasteiger partial charge in [-0.2, -0.15) is 0 Å². The molecule has 1 aliphatic heterocycles. The van der Waals surface area contributed by atoms with E-state index in [0.29, 0.717) is 5.92 Å². The molecule has 2 aliphatic carbocycles. The number of aromatic nitrogens is 2. The van der Waals surface area contributed by atoms with E-state index in [1.54, 1.807) is 0 Å². The van der Waals surface area contributed by atoms with E-state index in [9.17, 15) is 0 Å². The van der Waals surface area contributed by atoms with E-state index in [1.165, 1.54) is 60.2 Å². The van der Waals surface area contributed by atoms with Crippen molar-refractivity contribution in [2.24, 2.45) is 11.3 Å². The van der Waals surface area contributed by atoms with Crippen LogP contribution in [0.15, 0.2) is 60.7 Å². The molecular weight excluding hydrogens is 402 g/mol. The fourth-order valence-corrected chi connectivity index (χ4v) is 6.88. The molecule has 3 nitrogen and oxygen atoms in total. The number of rotatable bonds is 4. The van der Waals surface area contributed by atoms with E-state index in [4.69, 9.17) is 9.97 Å². The maximum atomic E-state index is 5.34. The predicted octanol–water partition coefficient (Wildman–Crippen LogP) is 6.78. The molecule has 33 heavy (non-hydrogen) atoms. The van der Waals surface area contributed by atoms with Crippen LogP contribution in [0.3, 0.4) is 0 Å². The minimum absolute atomic E-state index is 0.139. The quantitative estimate of drug-likeness (QED) is 0.450. The topological polar surface area (TPSA) is 29.0 Å². The molecule has 1 saturated heterocycles. The van der Waals surface area contributed by atoms with Gasteiger partial charge in [0, 0.05) is 29.6 Å². The molecule has 0 radical (unpaired) electrons. The SMILES string of the molecule is CC12CCC(c3c(-c4ccccc4)nc(N4CCC(Cc5ccccc5)CC4)nc31)C2(C)C. The highest BCUT2D eigenvalue weighted by Crippen LogP contribution is 2.68. The Morgan fingerprint density at radius 2 is 1.52 bits per heavy atom. The van der Waals surface area contributed by atoms with Crippen molar-refractivity contribution < 1.29 is 0 Å². The van der Waals surface area contributed by atoms with Crippen LogP contribution in [0, 0.1) is 11.3 Å². The van der Waals surface area contributed by atoms with Gasteiger partial charge in [0.05, 0.1) is 11.4 Å². The molecule has 3 heteroatoms. The predicted molar refractivity (Wildman–Crippen MR) is 136 cm³/mol. The molecule has 0 amide bonds. The number of benzene rings is 2. The van der Waals surface area contributed by atoms with Gasteiger partial charge in [-0.25, -0.2) is 9.97 Å². The van der Waals surface area contributed by atoms with Crippen molar-refractivity contribution in [3.8, 4) is 11.3 Å². The van der Waals surface area contributed by atoms with E-state index in [2.05, 4.69) is 86.3 Å². The number of hydrogen-bond donors (Lipinski definition) is 0. The summed E-state index contributed by atoms with van der Waals surface area (Å²) >= 11 is 0. The molecule has 2 aromatic carbocycles. The molecule has 1 saturated carbocycles. The summed E-state index contributed by atoms with van der Waals surface area (Å²) in [6.45, 7) is 9.46. The maximum Gasteiger partial charge on any atom is 0.226 e. The third kappa shape index (κ3) is 3.23. The lowest BCUT2D eigenvalue weighted by atomic mass is 9.70. The Bertz CT molecular complexity index is 1150. The zero-order valence-corrected chi connectivity index (χ0v) is 20.2. The van der Waals surface area contributed by atoms with E-state index in [0.717, 1.165) is 25.0 Å². The summed E-state index contributed by atoms with van der Waals surface area (Å²) in [5.74, 6) is 2.26. The third-order valence-electron chi connectivity index (χ3n) is 9.34. The van der Waals surface area contributed by atoms with Gasteiger partial charge in [0.25, 0.3) is 0 Å². The van der Waals surface area contributed by atoms with Gasteiger partial charge < -0.3 is 4.90 Å². The molecule has 2 atom stereocenters. The minimum Gasteiger partial charge on any atom is -0.341 e. The second-order valence-electron chi connectivity index (χ2n) is 11.3. The largest absolute Gasteiger partial charge is 0.341 e. The minimum atomic E-state index is 0.139. The van der Waals surface area contributed by atoms with Crippen LogP contribution in [0.4, 0.5) is 5.95 Å². The van der Waals surface area contributed by atoms with E-state index >= 15 is 0 Å². The van der Waals surface area contributed by atoms with E-state index in [-0.39, 0.29) is 10.8 Å². The van der Waals surface area contributed by atoms with Crippen molar-refractivity contribution in [1.82, 2.24) is 9.97 Å². The fourth-order valence-electron chi connectivity index (χ4n) is 6.88. The highest BCUT2D eigenvalue weighted by molar-refractivity contribution is 5.70. The molecule has 0 N–H and O–H groups in total. The van der Waals surface area contributed by atoms with Crippen molar-refractivity contribution >= 4 is 5.95 Å². The van der Waals surface area contributed by atoms with E-state index < -0.39 is 0 Å². The first-order chi connectivity index (χ1) is 16.0. The molecule has 3 aliphatic rings. The smallest absolute Gasteiger partial charge is 0.226 e. The summed E-state index contributed by atoms with van der Waals surface area (Å²) in [6.07, 6.45) is 6.09. The zero-order chi connectivity index (χ0) is 22.6. The molecule has 170 valence electrons. The number of hydrogen-bond acceptors (Lipinski definition) is 3. The van der Waals surface area contributed by atoms with Gasteiger partial charge in [-0.05, 0) is 54.9 Å². The summed E-state index contributed by atoms with van der Waals surface area (Å²) < 4.78 is 0. The van der Waals surface area contributed by atoms with Gasteiger partial charge in [0.2, 0.25) is 5.95 Å². The molecule has 3 aromatic rings. The van der Waals surface area contributed by atoms with Crippen molar-refractivity contribution in [3.05, 3.63) is 77.5 Å². The van der Waals surface area contributed by atoms with Gasteiger partial charge in [0.15, 0.2) is 0 Å². The van der Waals surface area contributed by atoms with Crippen LogP contribution in [0.2, 0.25) is 0 Å². The molecule has 0 spiro atoms. The summed E-state index contributed by atoms with van der Waals surface area (Å²) in [7, 11) is 0. The van der Waals surface area contributed by atoms with Crippen LogP contribution in [0.5, 0.6) is 0 Å². The lowest BCUT2D eigenvalue weighted by Crippen LogP contribution is -2.37.